The van der Waals surface area contributed by atoms with Crippen LogP contribution in [0.4, 0.5) is 17.3 Å². The molecule has 1 radical (unpaired) electrons. The molecule has 5 rings (SSSR count). The quantitative estimate of drug-likeness (QED) is 0.178. The van der Waals surface area contributed by atoms with Gasteiger partial charge in [0.15, 0.2) is 8.32 Å². The first kappa shape index (κ1) is 37.5. The number of piperazine rings is 1. The standard InChI is InChI=1S/C37H48BClN7O3Si/c1-25(2)44-13-15-45(16-14-44)33(48)19-26-9-10-29(39)20-32(26)43-35-41-12-11-31(42-35)27-17-28(21-40)34-30(18-27)37(6,22-46(34)38-24-47)23-49-50(7,8)36(3,4)5/h9-12,17-18,20,24-25H,13-16,19,22-23H2,1-8H3,(H,41,42,43). The van der Waals surface area contributed by atoms with Gasteiger partial charge in [0.1, 0.15) is 12.3 Å². The van der Waals surface area contributed by atoms with Gasteiger partial charge in [-0.2, -0.15) is 5.26 Å². The number of carbonyl (C=O) groups is 2. The highest BCUT2D eigenvalue weighted by molar-refractivity contribution is 6.74. The van der Waals surface area contributed by atoms with E-state index in [9.17, 15) is 14.9 Å². The number of benzene rings is 2. The van der Waals surface area contributed by atoms with Crippen LogP contribution >= 0.6 is 11.6 Å². The summed E-state index contributed by atoms with van der Waals surface area (Å²) in [6.07, 6.45) is 2.65. The Kier molecular flexibility index (Phi) is 11.1. The first-order valence-electron chi connectivity index (χ1n) is 17.2. The molecule has 0 bridgehead atoms. The third-order valence-electron chi connectivity index (χ3n) is 10.5. The van der Waals surface area contributed by atoms with Gasteiger partial charge in [-0.25, -0.2) is 9.97 Å². The SMILES string of the molecule is CC(C)N1CCN(C(=O)Cc2ccc(Cl)cc2Nc2nccc(-c3cc(C#N)c4c(c3)C(C)(CO[Si](C)(C)C(C)(C)C)CN4[B]C=O)n2)CC1. The summed E-state index contributed by atoms with van der Waals surface area (Å²) in [5.74, 6) is 0.403. The van der Waals surface area contributed by atoms with E-state index in [-0.39, 0.29) is 17.4 Å². The predicted molar refractivity (Wildman–Crippen MR) is 204 cm³/mol. The van der Waals surface area contributed by atoms with E-state index in [1.165, 1.54) is 7.41 Å². The Morgan fingerprint density at radius 1 is 1.18 bits per heavy atom. The molecular formula is C37H48BClN7O3Si. The number of hydrogen-bond donors (Lipinski definition) is 1. The van der Waals surface area contributed by atoms with Gasteiger partial charge in [0.25, 0.3) is 0 Å². The molecule has 1 N–H and O–H groups in total. The fraction of sp³-hybridized carbons (Fsp3) is 0.486. The van der Waals surface area contributed by atoms with E-state index < -0.39 is 13.7 Å². The molecule has 13 heteroatoms. The van der Waals surface area contributed by atoms with Gasteiger partial charge in [-0.15, -0.1) is 0 Å². The lowest BCUT2D eigenvalue weighted by Gasteiger charge is -2.39. The smallest absolute Gasteiger partial charge is 0.329 e. The normalized spacial score (nSPS) is 18.2. The second-order valence-electron chi connectivity index (χ2n) is 15.4. The summed E-state index contributed by atoms with van der Waals surface area (Å²) in [4.78, 5) is 40.5. The highest BCUT2D eigenvalue weighted by Gasteiger charge is 2.44. The van der Waals surface area contributed by atoms with Crippen LogP contribution in [0.5, 0.6) is 0 Å². The van der Waals surface area contributed by atoms with Gasteiger partial charge < -0.3 is 24.2 Å². The highest BCUT2D eigenvalue weighted by Crippen LogP contribution is 2.46. The topological polar surface area (TPSA) is 115 Å². The van der Waals surface area contributed by atoms with E-state index in [4.69, 9.17) is 21.0 Å². The largest absolute Gasteiger partial charge is 0.416 e. The van der Waals surface area contributed by atoms with Gasteiger partial charge in [0, 0.05) is 78.9 Å². The van der Waals surface area contributed by atoms with Crippen molar-refractivity contribution in [3.05, 3.63) is 64.3 Å². The summed E-state index contributed by atoms with van der Waals surface area (Å²) < 4.78 is 6.72. The van der Waals surface area contributed by atoms with Gasteiger partial charge in [-0.1, -0.05) is 45.4 Å². The molecule has 1 amide bonds. The van der Waals surface area contributed by atoms with Crippen molar-refractivity contribution in [1.82, 2.24) is 19.8 Å². The second-order valence-corrected chi connectivity index (χ2v) is 20.7. The molecule has 1 atom stereocenters. The van der Waals surface area contributed by atoms with Gasteiger partial charge in [0.2, 0.25) is 11.9 Å². The van der Waals surface area contributed by atoms with Crippen molar-refractivity contribution < 1.29 is 14.0 Å². The molecule has 0 saturated carbocycles. The van der Waals surface area contributed by atoms with E-state index in [0.29, 0.717) is 60.2 Å². The molecule has 2 aliphatic rings. The highest BCUT2D eigenvalue weighted by atomic mass is 35.5. The Labute approximate surface area is 303 Å². The molecule has 3 heterocycles. The fourth-order valence-electron chi connectivity index (χ4n) is 6.34. The Hall–Kier alpha value is -3.76. The molecule has 0 aliphatic carbocycles. The van der Waals surface area contributed by atoms with Crippen LogP contribution in [0.15, 0.2) is 42.6 Å². The van der Waals surface area contributed by atoms with Crippen LogP contribution in [0.3, 0.4) is 0 Å². The maximum absolute atomic E-state index is 13.4. The molecule has 0 spiro atoms. The van der Waals surface area contributed by atoms with Gasteiger partial charge >= 0.3 is 7.41 Å². The number of fused-ring (bicyclic) bond motifs is 1. The Morgan fingerprint density at radius 3 is 2.54 bits per heavy atom. The summed E-state index contributed by atoms with van der Waals surface area (Å²) in [6, 6.07) is 13.9. The average molecular weight is 713 g/mol. The minimum Gasteiger partial charge on any atom is -0.416 e. The van der Waals surface area contributed by atoms with Crippen LogP contribution in [0.25, 0.3) is 11.3 Å². The number of halogens is 1. The maximum Gasteiger partial charge on any atom is 0.329 e. The van der Waals surface area contributed by atoms with E-state index in [1.807, 2.05) is 15.8 Å². The maximum atomic E-state index is 13.4. The molecule has 10 nitrogen and oxygen atoms in total. The van der Waals surface area contributed by atoms with Crippen molar-refractivity contribution in [2.45, 2.75) is 77.6 Å². The molecular weight excluding hydrogens is 665 g/mol. The van der Waals surface area contributed by atoms with Crippen molar-refractivity contribution in [2.24, 2.45) is 0 Å². The Morgan fingerprint density at radius 2 is 1.90 bits per heavy atom. The second kappa shape index (κ2) is 14.8. The third-order valence-corrected chi connectivity index (χ3v) is 15.2. The first-order chi connectivity index (χ1) is 23.5. The van der Waals surface area contributed by atoms with Crippen molar-refractivity contribution in [2.75, 3.05) is 49.5 Å². The number of anilines is 3. The summed E-state index contributed by atoms with van der Waals surface area (Å²) in [7, 11) is -0.600. The lowest BCUT2D eigenvalue weighted by molar-refractivity contribution is -0.132. The van der Waals surface area contributed by atoms with Crippen LogP contribution in [0.2, 0.25) is 23.2 Å². The minimum atomic E-state index is -2.09. The van der Waals surface area contributed by atoms with Crippen LogP contribution in [-0.4, -0.2) is 93.0 Å². The molecule has 50 heavy (non-hydrogen) atoms. The molecule has 2 aliphatic heterocycles. The summed E-state index contributed by atoms with van der Waals surface area (Å²) in [6.45, 7) is 21.7. The summed E-state index contributed by atoms with van der Waals surface area (Å²) in [5, 5.41) is 14.2. The number of nitriles is 1. The zero-order valence-corrected chi connectivity index (χ0v) is 32.3. The van der Waals surface area contributed by atoms with Crippen molar-refractivity contribution in [1.29, 1.82) is 5.26 Å². The van der Waals surface area contributed by atoms with E-state index in [0.717, 1.165) is 41.7 Å². The molecule has 2 aromatic carbocycles. The average Bonchev–Trinajstić information content (AvgIpc) is 3.35. The first-order valence-corrected chi connectivity index (χ1v) is 20.5. The molecule has 1 unspecified atom stereocenters. The Balaban J connectivity index is 1.43. The number of nitrogens with zero attached hydrogens (tertiary/aromatic N) is 6. The molecule has 3 aromatic rings. The molecule has 1 saturated heterocycles. The molecule has 1 aromatic heterocycles. The lowest BCUT2D eigenvalue weighted by atomic mass is 9.83. The van der Waals surface area contributed by atoms with Crippen molar-refractivity contribution >= 4 is 56.7 Å². The van der Waals surface area contributed by atoms with Crippen LogP contribution in [0, 0.1) is 11.3 Å². The number of carbonyl (C=O) groups excluding carboxylic acids is 2. The number of aromatic nitrogens is 2. The summed E-state index contributed by atoms with van der Waals surface area (Å²) in [5.41, 5.74) is 4.44. The van der Waals surface area contributed by atoms with Gasteiger partial charge in [-0.05, 0) is 73.4 Å². The molecule has 263 valence electrons. The third kappa shape index (κ3) is 8.07. The van der Waals surface area contributed by atoms with Gasteiger partial charge in [-0.3, -0.25) is 9.69 Å². The monoisotopic (exact) mass is 712 g/mol. The summed E-state index contributed by atoms with van der Waals surface area (Å²) >= 11 is 6.42. The van der Waals surface area contributed by atoms with Crippen molar-refractivity contribution in [3.63, 3.8) is 0 Å². The number of rotatable bonds is 11. The van der Waals surface area contributed by atoms with E-state index in [2.05, 4.69) is 82.0 Å². The number of amides is 1. The van der Waals surface area contributed by atoms with Crippen molar-refractivity contribution in [3.8, 4) is 17.3 Å². The van der Waals surface area contributed by atoms with Crippen LogP contribution in [0.1, 0.15) is 58.2 Å². The zero-order chi connectivity index (χ0) is 36.4. The lowest BCUT2D eigenvalue weighted by Crippen LogP contribution is -2.51. The van der Waals surface area contributed by atoms with Crippen LogP contribution < -0.4 is 10.1 Å². The number of hydrogen-bond acceptors (Lipinski definition) is 9. The minimum absolute atomic E-state index is 0.0303. The number of nitrogens with one attached hydrogen (secondary N) is 1. The van der Waals surface area contributed by atoms with E-state index in [1.54, 1.807) is 30.5 Å². The molecule has 1 fully saturated rings. The van der Waals surface area contributed by atoms with E-state index >= 15 is 0 Å². The fourth-order valence-corrected chi connectivity index (χ4v) is 7.62. The zero-order valence-electron chi connectivity index (χ0n) is 30.5. The van der Waals surface area contributed by atoms with Crippen LogP contribution in [-0.2, 0) is 25.9 Å². The van der Waals surface area contributed by atoms with Gasteiger partial charge in [0.05, 0.1) is 17.7 Å². The Bertz CT molecular complexity index is 1790. The predicted octanol–water partition coefficient (Wildman–Crippen LogP) is 6.42.